The Morgan fingerprint density at radius 2 is 1.73 bits per heavy atom. The van der Waals surface area contributed by atoms with E-state index in [9.17, 15) is 21.6 Å². The van der Waals surface area contributed by atoms with E-state index in [1.807, 2.05) is 0 Å². The van der Waals surface area contributed by atoms with Crippen molar-refractivity contribution in [3.05, 3.63) is 23.5 Å². The highest BCUT2D eigenvalue weighted by Crippen LogP contribution is 2.47. The second-order valence-electron chi connectivity index (χ2n) is 9.40. The van der Waals surface area contributed by atoms with Crippen molar-refractivity contribution >= 4 is 10.0 Å². The molecule has 30 heavy (non-hydrogen) atoms. The summed E-state index contributed by atoms with van der Waals surface area (Å²) in [6, 6.07) is 2.16. The maximum absolute atomic E-state index is 12.9. The summed E-state index contributed by atoms with van der Waals surface area (Å²) in [6.45, 7) is 9.91. The average molecular weight is 448 g/mol. The highest BCUT2D eigenvalue weighted by Gasteiger charge is 2.57. The molecule has 1 unspecified atom stereocenters. The van der Waals surface area contributed by atoms with E-state index in [1.54, 1.807) is 0 Å². The second kappa shape index (κ2) is 7.15. The molecule has 0 N–H and O–H groups in total. The van der Waals surface area contributed by atoms with Crippen LogP contribution in [0.4, 0.5) is 13.2 Å². The van der Waals surface area contributed by atoms with Crippen molar-refractivity contribution in [1.29, 1.82) is 0 Å². The molecular formula is C20H28F3N3O3S. The van der Waals surface area contributed by atoms with Gasteiger partial charge in [0.05, 0.1) is 5.69 Å². The van der Waals surface area contributed by atoms with E-state index in [0.717, 1.165) is 51.3 Å². The molecule has 3 aliphatic rings. The number of likely N-dealkylation sites (tertiary alicyclic amines) is 1. The van der Waals surface area contributed by atoms with Gasteiger partial charge in [-0.15, -0.1) is 0 Å². The number of hydrogen-bond acceptors (Lipinski definition) is 5. The van der Waals surface area contributed by atoms with Gasteiger partial charge in [0.1, 0.15) is 10.6 Å². The Balaban J connectivity index is 1.39. The van der Waals surface area contributed by atoms with E-state index in [-0.39, 0.29) is 21.4 Å². The predicted molar refractivity (Wildman–Crippen MR) is 104 cm³/mol. The fraction of sp³-hybridized carbons (Fsp3) is 0.750. The van der Waals surface area contributed by atoms with Crippen molar-refractivity contribution in [3.63, 3.8) is 0 Å². The molecule has 0 aromatic carbocycles. The van der Waals surface area contributed by atoms with Crippen LogP contribution >= 0.6 is 0 Å². The molecule has 0 amide bonds. The molecule has 1 aromatic rings. The Morgan fingerprint density at radius 1 is 1.13 bits per heavy atom. The third kappa shape index (κ3) is 3.65. The minimum Gasteiger partial charge on any atom is -0.381 e. The van der Waals surface area contributed by atoms with Gasteiger partial charge in [-0.25, -0.2) is 13.4 Å². The van der Waals surface area contributed by atoms with Crippen molar-refractivity contribution in [2.24, 2.45) is 10.8 Å². The number of sulfonamides is 1. The Labute approximate surface area is 175 Å². The molecule has 3 fully saturated rings. The van der Waals surface area contributed by atoms with Gasteiger partial charge in [-0.05, 0) is 44.2 Å². The fourth-order valence-electron chi connectivity index (χ4n) is 4.98. The van der Waals surface area contributed by atoms with Crippen molar-refractivity contribution in [2.75, 3.05) is 39.4 Å². The Kier molecular flexibility index (Phi) is 5.24. The number of ether oxygens (including phenoxy) is 1. The molecule has 1 spiro atoms. The first-order chi connectivity index (χ1) is 13.9. The molecule has 1 aromatic heterocycles. The fourth-order valence-corrected chi connectivity index (χ4v) is 6.80. The maximum Gasteiger partial charge on any atom is 0.433 e. The third-order valence-corrected chi connectivity index (χ3v) is 9.16. The van der Waals surface area contributed by atoms with E-state index < -0.39 is 21.9 Å². The molecule has 6 nitrogen and oxygen atoms in total. The first-order valence-electron chi connectivity index (χ1n) is 10.2. The Bertz CT molecular complexity index is 915. The number of aryl methyl sites for hydroxylation is 1. The third-order valence-electron chi connectivity index (χ3n) is 7.24. The summed E-state index contributed by atoms with van der Waals surface area (Å²) in [5.41, 5.74) is -1.04. The minimum atomic E-state index is -4.60. The van der Waals surface area contributed by atoms with Gasteiger partial charge in [0.2, 0.25) is 10.0 Å². The summed E-state index contributed by atoms with van der Waals surface area (Å²) in [5.74, 6) is 0. The lowest BCUT2D eigenvalue weighted by molar-refractivity contribution is -0.141. The van der Waals surface area contributed by atoms with Gasteiger partial charge in [-0.2, -0.15) is 17.5 Å². The van der Waals surface area contributed by atoms with Crippen LogP contribution in [0.25, 0.3) is 0 Å². The summed E-state index contributed by atoms with van der Waals surface area (Å²) < 4.78 is 71.1. The number of halogens is 3. The molecule has 3 saturated heterocycles. The summed E-state index contributed by atoms with van der Waals surface area (Å²) in [7, 11) is -3.84. The summed E-state index contributed by atoms with van der Waals surface area (Å²) in [4.78, 5) is 5.74. The highest BCUT2D eigenvalue weighted by atomic mass is 32.2. The van der Waals surface area contributed by atoms with Crippen LogP contribution < -0.4 is 0 Å². The van der Waals surface area contributed by atoms with Gasteiger partial charge >= 0.3 is 6.18 Å². The molecule has 0 aliphatic carbocycles. The van der Waals surface area contributed by atoms with Crippen LogP contribution in [-0.2, 0) is 20.9 Å². The van der Waals surface area contributed by atoms with Gasteiger partial charge in [0, 0.05) is 50.8 Å². The van der Waals surface area contributed by atoms with E-state index >= 15 is 0 Å². The zero-order valence-corrected chi connectivity index (χ0v) is 18.3. The summed E-state index contributed by atoms with van der Waals surface area (Å²) >= 11 is 0. The van der Waals surface area contributed by atoms with Gasteiger partial charge in [0.15, 0.2) is 0 Å². The average Bonchev–Trinajstić information content (AvgIpc) is 2.58. The second-order valence-corrected chi connectivity index (χ2v) is 11.3. The molecule has 3 aliphatic heterocycles. The van der Waals surface area contributed by atoms with Crippen molar-refractivity contribution in [2.45, 2.75) is 50.7 Å². The lowest BCUT2D eigenvalue weighted by Gasteiger charge is -2.63. The van der Waals surface area contributed by atoms with Crippen LogP contribution in [0, 0.1) is 17.8 Å². The van der Waals surface area contributed by atoms with E-state index in [4.69, 9.17) is 4.74 Å². The normalized spacial score (nSPS) is 25.5. The molecule has 10 heteroatoms. The Hall–Kier alpha value is -1.23. The first-order valence-corrected chi connectivity index (χ1v) is 11.7. The lowest BCUT2D eigenvalue weighted by Crippen LogP contribution is -2.75. The molecule has 0 bridgehead atoms. The number of rotatable bonds is 4. The number of hydrogen-bond donors (Lipinski definition) is 0. The Morgan fingerprint density at radius 3 is 2.27 bits per heavy atom. The summed E-state index contributed by atoms with van der Waals surface area (Å²) in [6.07, 6.45) is -2.54. The number of alkyl halides is 3. The van der Waals surface area contributed by atoms with Crippen LogP contribution in [0.3, 0.4) is 0 Å². The monoisotopic (exact) mass is 447 g/mol. The number of pyridine rings is 1. The molecule has 1 atom stereocenters. The molecular weight excluding hydrogens is 419 g/mol. The number of nitrogens with zero attached hydrogens (tertiary/aromatic N) is 3. The predicted octanol–water partition coefficient (Wildman–Crippen LogP) is 2.92. The van der Waals surface area contributed by atoms with Gasteiger partial charge in [0.25, 0.3) is 0 Å². The first kappa shape index (κ1) is 22.0. The van der Waals surface area contributed by atoms with Gasteiger partial charge in [-0.1, -0.05) is 6.92 Å². The van der Waals surface area contributed by atoms with Crippen molar-refractivity contribution < 1.29 is 26.3 Å². The van der Waals surface area contributed by atoms with Crippen LogP contribution in [-0.4, -0.2) is 68.0 Å². The SMILES string of the molecule is Cc1nc(C(F)(F)F)ccc1S(=O)(=O)N1CC2(CN(C(C)C3(C)CCOCC3)C2)C1. The van der Waals surface area contributed by atoms with E-state index in [1.165, 1.54) is 11.2 Å². The van der Waals surface area contributed by atoms with E-state index in [0.29, 0.717) is 19.1 Å². The van der Waals surface area contributed by atoms with Crippen molar-refractivity contribution in [3.8, 4) is 0 Å². The maximum atomic E-state index is 12.9. The number of aromatic nitrogens is 1. The smallest absolute Gasteiger partial charge is 0.381 e. The molecule has 4 heterocycles. The summed E-state index contributed by atoms with van der Waals surface area (Å²) in [5, 5.41) is 0. The molecule has 4 rings (SSSR count). The zero-order chi connectivity index (χ0) is 21.9. The lowest BCUT2D eigenvalue weighted by atomic mass is 9.69. The largest absolute Gasteiger partial charge is 0.433 e. The van der Waals surface area contributed by atoms with Gasteiger partial charge < -0.3 is 4.74 Å². The van der Waals surface area contributed by atoms with Crippen LogP contribution in [0.2, 0.25) is 0 Å². The molecule has 0 radical (unpaired) electrons. The minimum absolute atomic E-state index is 0.0455. The molecule has 0 saturated carbocycles. The topological polar surface area (TPSA) is 62.7 Å². The zero-order valence-electron chi connectivity index (χ0n) is 17.5. The quantitative estimate of drug-likeness (QED) is 0.710. The van der Waals surface area contributed by atoms with Crippen LogP contribution in [0.5, 0.6) is 0 Å². The van der Waals surface area contributed by atoms with Crippen LogP contribution in [0.15, 0.2) is 17.0 Å². The highest BCUT2D eigenvalue weighted by molar-refractivity contribution is 7.89. The van der Waals surface area contributed by atoms with Crippen LogP contribution in [0.1, 0.15) is 38.1 Å². The standard InChI is InChI=1S/C20H28F3N3O3S/c1-14-16(4-5-17(24-14)20(21,22)23)30(27,28)26-12-19(13-26)10-25(11-19)15(2)18(3)6-8-29-9-7-18/h4-5,15H,6-13H2,1-3H3. The van der Waals surface area contributed by atoms with Gasteiger partial charge in [-0.3, -0.25) is 4.90 Å². The van der Waals surface area contributed by atoms with E-state index in [2.05, 4.69) is 23.7 Å². The molecule has 168 valence electrons. The van der Waals surface area contributed by atoms with Crippen molar-refractivity contribution in [1.82, 2.24) is 14.2 Å².